The molecule has 0 amide bonds. The van der Waals surface area contributed by atoms with Crippen LogP contribution in [0.3, 0.4) is 0 Å². The maximum absolute atomic E-state index is 5.68. The lowest BCUT2D eigenvalue weighted by Crippen LogP contribution is -2.48. The first-order chi connectivity index (χ1) is 8.74. The van der Waals surface area contributed by atoms with Crippen molar-refractivity contribution in [3.05, 3.63) is 12.4 Å². The molecule has 1 aliphatic rings. The van der Waals surface area contributed by atoms with E-state index < -0.39 is 0 Å². The minimum atomic E-state index is 0.592. The first-order valence-corrected chi connectivity index (χ1v) is 6.93. The van der Waals surface area contributed by atoms with Crippen LogP contribution in [-0.2, 0) is 6.54 Å². The third kappa shape index (κ3) is 3.03. The number of hydrogen-bond acceptors (Lipinski definition) is 4. The number of aryl methyl sites for hydroxylation is 1. The highest BCUT2D eigenvalue weighted by Gasteiger charge is 2.20. The highest BCUT2D eigenvalue weighted by Crippen LogP contribution is 2.14. The van der Waals surface area contributed by atoms with Crippen LogP contribution in [0, 0.1) is 5.92 Å². The summed E-state index contributed by atoms with van der Waals surface area (Å²) in [7, 11) is 0. The molecule has 1 unspecified atom stereocenters. The van der Waals surface area contributed by atoms with E-state index in [1.165, 1.54) is 0 Å². The van der Waals surface area contributed by atoms with Gasteiger partial charge in [0.25, 0.3) is 0 Å². The molecule has 2 heterocycles. The van der Waals surface area contributed by atoms with Gasteiger partial charge in [0, 0.05) is 51.7 Å². The van der Waals surface area contributed by atoms with E-state index in [9.17, 15) is 0 Å². The molecule has 2 N–H and O–H groups in total. The van der Waals surface area contributed by atoms with Crippen molar-refractivity contribution in [3.63, 3.8) is 0 Å². The van der Waals surface area contributed by atoms with Gasteiger partial charge < -0.3 is 15.2 Å². The Bertz CT molecular complexity index is 354. The molecular formula is C13H25N5. The van der Waals surface area contributed by atoms with E-state index in [-0.39, 0.29) is 0 Å². The largest absolute Gasteiger partial charge is 0.340 e. The van der Waals surface area contributed by atoms with Gasteiger partial charge in [-0.3, -0.25) is 4.90 Å². The SMILES string of the molecule is CCn1ccnc1N1CCN(CC(C)CN)CC1. The second-order valence-electron chi connectivity index (χ2n) is 5.14. The Hall–Kier alpha value is -1.07. The third-order valence-electron chi connectivity index (χ3n) is 3.66. The molecular weight excluding hydrogens is 226 g/mol. The van der Waals surface area contributed by atoms with Crippen LogP contribution >= 0.6 is 0 Å². The van der Waals surface area contributed by atoms with Crippen molar-refractivity contribution in [2.45, 2.75) is 20.4 Å². The Morgan fingerprint density at radius 1 is 1.33 bits per heavy atom. The van der Waals surface area contributed by atoms with Crippen LogP contribution in [0.25, 0.3) is 0 Å². The Labute approximate surface area is 110 Å². The predicted molar refractivity (Wildman–Crippen MR) is 74.8 cm³/mol. The summed E-state index contributed by atoms with van der Waals surface area (Å²) in [5, 5.41) is 0. The molecule has 1 saturated heterocycles. The Morgan fingerprint density at radius 2 is 2.06 bits per heavy atom. The first kappa shape index (κ1) is 13.4. The van der Waals surface area contributed by atoms with Gasteiger partial charge in [-0.25, -0.2) is 4.98 Å². The molecule has 0 saturated carbocycles. The quantitative estimate of drug-likeness (QED) is 0.833. The lowest BCUT2D eigenvalue weighted by Gasteiger charge is -2.36. The Balaban J connectivity index is 1.87. The zero-order chi connectivity index (χ0) is 13.0. The number of aromatic nitrogens is 2. The fourth-order valence-corrected chi connectivity index (χ4v) is 2.48. The second-order valence-corrected chi connectivity index (χ2v) is 5.14. The van der Waals surface area contributed by atoms with E-state index in [4.69, 9.17) is 5.73 Å². The average molecular weight is 251 g/mol. The molecule has 0 bridgehead atoms. The maximum atomic E-state index is 5.68. The monoisotopic (exact) mass is 251 g/mol. The fraction of sp³-hybridized carbons (Fsp3) is 0.769. The average Bonchev–Trinajstić information content (AvgIpc) is 2.87. The molecule has 5 heteroatoms. The van der Waals surface area contributed by atoms with Gasteiger partial charge >= 0.3 is 0 Å². The van der Waals surface area contributed by atoms with E-state index in [2.05, 4.69) is 39.4 Å². The number of piperazine rings is 1. The van der Waals surface area contributed by atoms with Gasteiger partial charge in [-0.1, -0.05) is 6.92 Å². The van der Waals surface area contributed by atoms with Gasteiger partial charge in [0.2, 0.25) is 5.95 Å². The molecule has 0 radical (unpaired) electrons. The normalized spacial score (nSPS) is 19.2. The number of nitrogens with zero attached hydrogens (tertiary/aromatic N) is 4. The van der Waals surface area contributed by atoms with E-state index in [1.54, 1.807) is 0 Å². The van der Waals surface area contributed by atoms with Gasteiger partial charge in [0.15, 0.2) is 0 Å². The number of hydrogen-bond donors (Lipinski definition) is 1. The molecule has 0 aromatic carbocycles. The minimum Gasteiger partial charge on any atom is -0.340 e. The van der Waals surface area contributed by atoms with Crippen LogP contribution in [-0.4, -0.2) is 53.7 Å². The molecule has 0 spiro atoms. The highest BCUT2D eigenvalue weighted by atomic mass is 15.3. The van der Waals surface area contributed by atoms with Crippen molar-refractivity contribution < 1.29 is 0 Å². The molecule has 2 rings (SSSR count). The summed E-state index contributed by atoms with van der Waals surface area (Å²) in [5.41, 5.74) is 5.68. The number of imidazole rings is 1. The van der Waals surface area contributed by atoms with Crippen LogP contribution < -0.4 is 10.6 Å². The number of anilines is 1. The summed E-state index contributed by atoms with van der Waals surface area (Å²) in [5.74, 6) is 1.71. The Kier molecular flexibility index (Phi) is 4.60. The summed E-state index contributed by atoms with van der Waals surface area (Å²) < 4.78 is 2.21. The molecule has 1 atom stereocenters. The van der Waals surface area contributed by atoms with Crippen molar-refractivity contribution in [3.8, 4) is 0 Å². The van der Waals surface area contributed by atoms with Crippen molar-refractivity contribution in [2.75, 3.05) is 44.2 Å². The zero-order valence-electron chi connectivity index (χ0n) is 11.5. The number of nitrogens with two attached hydrogens (primary N) is 1. The van der Waals surface area contributed by atoms with Gasteiger partial charge in [0.1, 0.15) is 0 Å². The van der Waals surface area contributed by atoms with E-state index in [1.807, 2.05) is 6.20 Å². The highest BCUT2D eigenvalue weighted by molar-refractivity contribution is 5.32. The van der Waals surface area contributed by atoms with Crippen molar-refractivity contribution in [1.29, 1.82) is 0 Å². The molecule has 1 aliphatic heterocycles. The van der Waals surface area contributed by atoms with Crippen LogP contribution in [0.4, 0.5) is 5.95 Å². The third-order valence-corrected chi connectivity index (χ3v) is 3.66. The summed E-state index contributed by atoms with van der Waals surface area (Å²) in [6.45, 7) is 11.6. The van der Waals surface area contributed by atoms with Crippen LogP contribution in [0.2, 0.25) is 0 Å². The van der Waals surface area contributed by atoms with Gasteiger partial charge in [-0.2, -0.15) is 0 Å². The second kappa shape index (κ2) is 6.20. The standard InChI is InChI=1S/C13H25N5/c1-3-17-5-4-15-13(17)18-8-6-16(7-9-18)11-12(2)10-14/h4-5,12H,3,6-11,14H2,1-2H3. The fourth-order valence-electron chi connectivity index (χ4n) is 2.48. The predicted octanol–water partition coefficient (Wildman–Crippen LogP) is 0.620. The summed E-state index contributed by atoms with van der Waals surface area (Å²) >= 11 is 0. The maximum Gasteiger partial charge on any atom is 0.205 e. The van der Waals surface area contributed by atoms with Gasteiger partial charge in [0.05, 0.1) is 0 Å². The first-order valence-electron chi connectivity index (χ1n) is 6.93. The summed E-state index contributed by atoms with van der Waals surface area (Å²) in [6.07, 6.45) is 3.94. The van der Waals surface area contributed by atoms with E-state index in [0.29, 0.717) is 5.92 Å². The molecule has 0 aliphatic carbocycles. The Morgan fingerprint density at radius 3 is 2.67 bits per heavy atom. The topological polar surface area (TPSA) is 50.3 Å². The molecule has 18 heavy (non-hydrogen) atoms. The van der Waals surface area contributed by atoms with E-state index >= 15 is 0 Å². The van der Waals surface area contributed by atoms with Gasteiger partial charge in [-0.15, -0.1) is 0 Å². The zero-order valence-corrected chi connectivity index (χ0v) is 11.5. The van der Waals surface area contributed by atoms with Crippen molar-refractivity contribution in [1.82, 2.24) is 14.5 Å². The minimum absolute atomic E-state index is 0.592. The lowest BCUT2D eigenvalue weighted by molar-refractivity contribution is 0.226. The van der Waals surface area contributed by atoms with Crippen molar-refractivity contribution in [2.24, 2.45) is 11.7 Å². The molecule has 1 fully saturated rings. The lowest BCUT2D eigenvalue weighted by atomic mass is 10.1. The van der Waals surface area contributed by atoms with Crippen LogP contribution in [0.15, 0.2) is 12.4 Å². The van der Waals surface area contributed by atoms with Crippen LogP contribution in [0.1, 0.15) is 13.8 Å². The number of rotatable bonds is 5. The van der Waals surface area contributed by atoms with E-state index in [0.717, 1.165) is 51.8 Å². The molecule has 102 valence electrons. The molecule has 5 nitrogen and oxygen atoms in total. The summed E-state index contributed by atoms with van der Waals surface area (Å²) in [6, 6.07) is 0. The summed E-state index contributed by atoms with van der Waals surface area (Å²) in [4.78, 5) is 9.35. The molecule has 1 aromatic heterocycles. The van der Waals surface area contributed by atoms with Crippen molar-refractivity contribution >= 4 is 5.95 Å². The van der Waals surface area contributed by atoms with Crippen LogP contribution in [0.5, 0.6) is 0 Å². The molecule has 1 aromatic rings. The van der Waals surface area contributed by atoms with Gasteiger partial charge in [-0.05, 0) is 19.4 Å². The smallest absolute Gasteiger partial charge is 0.205 e.